The summed E-state index contributed by atoms with van der Waals surface area (Å²) in [4.78, 5) is 2.37. The van der Waals surface area contributed by atoms with Crippen LogP contribution in [0, 0.1) is 0 Å². The quantitative estimate of drug-likeness (QED) is 0.451. The molecular formula is C13H26F2N2O2. The molecule has 4 nitrogen and oxygen atoms in total. The SMILES string of the molecule is CCCOCCN1CCN(CCOCCC)C1(F)F. The molecule has 0 radical (unpaired) electrons. The van der Waals surface area contributed by atoms with Gasteiger partial charge in [-0.05, 0) is 12.8 Å². The first kappa shape index (κ1) is 16.8. The number of ether oxygens (including phenoxy) is 2. The van der Waals surface area contributed by atoms with Gasteiger partial charge >= 0.3 is 6.17 Å². The van der Waals surface area contributed by atoms with E-state index in [0.29, 0.717) is 39.5 Å². The van der Waals surface area contributed by atoms with Crippen molar-refractivity contribution in [3.63, 3.8) is 0 Å². The van der Waals surface area contributed by atoms with Crippen molar-refractivity contribution in [3.05, 3.63) is 0 Å². The first-order valence-electron chi connectivity index (χ1n) is 7.16. The molecule has 0 amide bonds. The second-order valence-electron chi connectivity index (χ2n) is 4.71. The van der Waals surface area contributed by atoms with E-state index in [-0.39, 0.29) is 13.1 Å². The van der Waals surface area contributed by atoms with Crippen LogP contribution in [-0.4, -0.2) is 68.6 Å². The van der Waals surface area contributed by atoms with Crippen molar-refractivity contribution in [3.8, 4) is 0 Å². The summed E-state index contributed by atoms with van der Waals surface area (Å²) in [6, 6.07) is 0. The van der Waals surface area contributed by atoms with Gasteiger partial charge in [0.15, 0.2) is 0 Å². The van der Waals surface area contributed by atoms with Crippen LogP contribution in [0.3, 0.4) is 0 Å². The number of nitrogens with zero attached hydrogens (tertiary/aromatic N) is 2. The Balaban J connectivity index is 2.26. The van der Waals surface area contributed by atoms with Gasteiger partial charge in [0.05, 0.1) is 13.2 Å². The molecule has 0 aliphatic carbocycles. The fourth-order valence-electron chi connectivity index (χ4n) is 2.05. The Labute approximate surface area is 114 Å². The number of halogens is 2. The predicted molar refractivity (Wildman–Crippen MR) is 70.3 cm³/mol. The van der Waals surface area contributed by atoms with E-state index in [1.807, 2.05) is 13.8 Å². The Bertz CT molecular complexity index is 221. The average molecular weight is 280 g/mol. The van der Waals surface area contributed by atoms with Crippen molar-refractivity contribution in [1.82, 2.24) is 9.80 Å². The molecule has 6 heteroatoms. The van der Waals surface area contributed by atoms with E-state index in [2.05, 4.69) is 0 Å². The van der Waals surface area contributed by atoms with Gasteiger partial charge in [-0.25, -0.2) is 9.80 Å². The van der Waals surface area contributed by atoms with Crippen LogP contribution in [0.25, 0.3) is 0 Å². The molecule has 0 N–H and O–H groups in total. The highest BCUT2D eigenvalue weighted by Gasteiger charge is 2.48. The van der Waals surface area contributed by atoms with Crippen LogP contribution in [0.5, 0.6) is 0 Å². The van der Waals surface area contributed by atoms with Crippen LogP contribution in [0.1, 0.15) is 26.7 Å². The summed E-state index contributed by atoms with van der Waals surface area (Å²) in [6.45, 7) is 7.32. The molecule has 0 aromatic rings. The van der Waals surface area contributed by atoms with Crippen molar-refractivity contribution in [2.75, 3.05) is 52.6 Å². The minimum Gasteiger partial charge on any atom is -0.380 e. The van der Waals surface area contributed by atoms with Gasteiger partial charge in [0, 0.05) is 39.4 Å². The van der Waals surface area contributed by atoms with Crippen molar-refractivity contribution < 1.29 is 18.3 Å². The van der Waals surface area contributed by atoms with E-state index in [0.717, 1.165) is 12.8 Å². The van der Waals surface area contributed by atoms with Crippen LogP contribution in [-0.2, 0) is 9.47 Å². The molecule has 114 valence electrons. The average Bonchev–Trinajstić information content (AvgIpc) is 2.66. The Morgan fingerprint density at radius 2 is 1.26 bits per heavy atom. The normalized spacial score (nSPS) is 20.2. The van der Waals surface area contributed by atoms with E-state index >= 15 is 0 Å². The predicted octanol–water partition coefficient (Wildman–Crippen LogP) is 2.01. The molecule has 0 spiro atoms. The van der Waals surface area contributed by atoms with E-state index in [1.54, 1.807) is 0 Å². The first-order chi connectivity index (χ1) is 9.12. The molecule has 0 aromatic carbocycles. The van der Waals surface area contributed by atoms with Crippen molar-refractivity contribution in [1.29, 1.82) is 0 Å². The fraction of sp³-hybridized carbons (Fsp3) is 1.00. The number of hydrogen-bond donors (Lipinski definition) is 0. The highest BCUT2D eigenvalue weighted by atomic mass is 19.3. The van der Waals surface area contributed by atoms with E-state index in [1.165, 1.54) is 9.80 Å². The van der Waals surface area contributed by atoms with Gasteiger partial charge in [0.25, 0.3) is 0 Å². The van der Waals surface area contributed by atoms with E-state index < -0.39 is 6.17 Å². The molecular weight excluding hydrogens is 254 g/mol. The van der Waals surface area contributed by atoms with E-state index in [4.69, 9.17) is 9.47 Å². The Morgan fingerprint density at radius 3 is 1.63 bits per heavy atom. The molecule has 0 aromatic heterocycles. The summed E-state index contributed by atoms with van der Waals surface area (Å²) in [5.74, 6) is 0. The lowest BCUT2D eigenvalue weighted by Gasteiger charge is -2.29. The second kappa shape index (κ2) is 8.79. The number of hydrogen-bond acceptors (Lipinski definition) is 4. The zero-order valence-corrected chi connectivity index (χ0v) is 12.0. The highest BCUT2D eigenvalue weighted by Crippen LogP contribution is 2.29. The molecule has 1 saturated heterocycles. The Kier molecular flexibility index (Phi) is 7.75. The third-order valence-corrected chi connectivity index (χ3v) is 3.11. The first-order valence-corrected chi connectivity index (χ1v) is 7.16. The fourth-order valence-corrected chi connectivity index (χ4v) is 2.05. The highest BCUT2D eigenvalue weighted by molar-refractivity contribution is 4.80. The van der Waals surface area contributed by atoms with Crippen LogP contribution in [0.15, 0.2) is 0 Å². The van der Waals surface area contributed by atoms with Gasteiger partial charge in [0.1, 0.15) is 0 Å². The lowest BCUT2D eigenvalue weighted by atomic mass is 10.5. The topological polar surface area (TPSA) is 24.9 Å². The van der Waals surface area contributed by atoms with Crippen LogP contribution >= 0.6 is 0 Å². The maximum Gasteiger partial charge on any atom is 0.369 e. The summed E-state index contributed by atoms with van der Waals surface area (Å²) >= 11 is 0. The van der Waals surface area contributed by atoms with Gasteiger partial charge < -0.3 is 9.47 Å². The lowest BCUT2D eigenvalue weighted by molar-refractivity contribution is -0.215. The van der Waals surface area contributed by atoms with Crippen molar-refractivity contribution in [2.45, 2.75) is 32.9 Å². The third kappa shape index (κ3) is 5.30. The zero-order valence-electron chi connectivity index (χ0n) is 12.0. The minimum absolute atomic E-state index is 0.277. The van der Waals surface area contributed by atoms with Crippen molar-refractivity contribution >= 4 is 0 Å². The number of rotatable bonds is 10. The van der Waals surface area contributed by atoms with Gasteiger partial charge in [-0.1, -0.05) is 13.8 Å². The summed E-state index contributed by atoms with van der Waals surface area (Å²) in [6.07, 6.45) is -1.04. The van der Waals surface area contributed by atoms with Crippen LogP contribution in [0.2, 0.25) is 0 Å². The van der Waals surface area contributed by atoms with Gasteiger partial charge in [0.2, 0.25) is 0 Å². The molecule has 19 heavy (non-hydrogen) atoms. The van der Waals surface area contributed by atoms with Crippen molar-refractivity contribution in [2.24, 2.45) is 0 Å². The van der Waals surface area contributed by atoms with Crippen LogP contribution < -0.4 is 0 Å². The largest absolute Gasteiger partial charge is 0.380 e. The Hall–Kier alpha value is -0.300. The molecule has 1 aliphatic rings. The summed E-state index contributed by atoms with van der Waals surface area (Å²) < 4.78 is 38.6. The summed E-state index contributed by atoms with van der Waals surface area (Å²) in [7, 11) is 0. The minimum atomic E-state index is -2.87. The second-order valence-corrected chi connectivity index (χ2v) is 4.71. The standard InChI is InChI=1S/C13H26F2N2O2/c1-3-9-18-11-7-16-5-6-17(13(16,14)15)8-12-19-10-4-2/h3-12H2,1-2H3. The van der Waals surface area contributed by atoms with Crippen LogP contribution in [0.4, 0.5) is 8.78 Å². The molecule has 0 bridgehead atoms. The Morgan fingerprint density at radius 1 is 0.842 bits per heavy atom. The number of alkyl halides is 2. The molecule has 0 unspecified atom stereocenters. The summed E-state index contributed by atoms with van der Waals surface area (Å²) in [5, 5.41) is 0. The third-order valence-electron chi connectivity index (χ3n) is 3.11. The maximum absolute atomic E-state index is 14.0. The zero-order chi connectivity index (χ0) is 14.1. The molecule has 1 aliphatic heterocycles. The molecule has 0 saturated carbocycles. The summed E-state index contributed by atoms with van der Waals surface area (Å²) in [5.41, 5.74) is 0. The van der Waals surface area contributed by atoms with Gasteiger partial charge in [-0.3, -0.25) is 0 Å². The van der Waals surface area contributed by atoms with Gasteiger partial charge in [-0.15, -0.1) is 0 Å². The monoisotopic (exact) mass is 280 g/mol. The smallest absolute Gasteiger partial charge is 0.369 e. The maximum atomic E-state index is 14.0. The molecule has 1 fully saturated rings. The van der Waals surface area contributed by atoms with Gasteiger partial charge in [-0.2, -0.15) is 8.78 Å². The molecule has 1 heterocycles. The van der Waals surface area contributed by atoms with E-state index in [9.17, 15) is 8.78 Å². The molecule has 0 atom stereocenters. The molecule has 1 rings (SSSR count). The lowest BCUT2D eigenvalue weighted by Crippen LogP contribution is -2.48.